The molecule has 0 aliphatic heterocycles. The van der Waals surface area contributed by atoms with E-state index in [1.54, 1.807) is 7.11 Å². The molecular formula is C17H20ClNO. The van der Waals surface area contributed by atoms with E-state index < -0.39 is 0 Å². The fourth-order valence-electron chi connectivity index (χ4n) is 2.12. The van der Waals surface area contributed by atoms with Crippen LogP contribution in [0.5, 0.6) is 5.75 Å². The highest BCUT2D eigenvalue weighted by Gasteiger charge is 2.04. The van der Waals surface area contributed by atoms with Crippen LogP contribution < -0.4 is 10.1 Å². The Hall–Kier alpha value is -1.51. The molecular weight excluding hydrogens is 270 g/mol. The predicted molar refractivity (Wildman–Crippen MR) is 84.6 cm³/mol. The van der Waals surface area contributed by atoms with E-state index in [0.29, 0.717) is 6.04 Å². The van der Waals surface area contributed by atoms with Gasteiger partial charge in [0.05, 0.1) is 7.11 Å². The second-order valence-corrected chi connectivity index (χ2v) is 5.27. The van der Waals surface area contributed by atoms with Crippen molar-refractivity contribution in [3.05, 3.63) is 64.7 Å². The highest BCUT2D eigenvalue weighted by molar-refractivity contribution is 6.30. The van der Waals surface area contributed by atoms with Gasteiger partial charge < -0.3 is 10.1 Å². The quantitative estimate of drug-likeness (QED) is 0.859. The smallest absolute Gasteiger partial charge is 0.118 e. The van der Waals surface area contributed by atoms with Crippen molar-refractivity contribution in [1.82, 2.24) is 5.32 Å². The summed E-state index contributed by atoms with van der Waals surface area (Å²) < 4.78 is 5.15. The minimum atomic E-state index is 0.298. The van der Waals surface area contributed by atoms with Crippen molar-refractivity contribution < 1.29 is 4.74 Å². The molecule has 2 aromatic rings. The lowest BCUT2D eigenvalue weighted by atomic mass is 10.1. The fraction of sp³-hybridized carbons (Fsp3) is 0.294. The molecule has 3 heteroatoms. The van der Waals surface area contributed by atoms with Crippen LogP contribution in [-0.4, -0.2) is 13.7 Å². The van der Waals surface area contributed by atoms with Crippen LogP contribution in [0.1, 0.15) is 24.1 Å². The van der Waals surface area contributed by atoms with Crippen molar-refractivity contribution >= 4 is 11.6 Å². The second-order valence-electron chi connectivity index (χ2n) is 4.83. The fourth-order valence-corrected chi connectivity index (χ4v) is 2.32. The molecule has 0 saturated carbocycles. The van der Waals surface area contributed by atoms with Gasteiger partial charge in [0.15, 0.2) is 0 Å². The summed E-state index contributed by atoms with van der Waals surface area (Å²) in [6.07, 6.45) is 0.995. The molecule has 2 rings (SSSR count). The first-order valence-electron chi connectivity index (χ1n) is 6.81. The molecule has 0 aliphatic carbocycles. The molecule has 0 radical (unpaired) electrons. The molecule has 0 bridgehead atoms. The van der Waals surface area contributed by atoms with Crippen LogP contribution in [0.25, 0.3) is 0 Å². The first-order valence-corrected chi connectivity index (χ1v) is 7.18. The summed E-state index contributed by atoms with van der Waals surface area (Å²) in [5.41, 5.74) is 2.52. The summed E-state index contributed by atoms with van der Waals surface area (Å²) in [6.45, 7) is 3.08. The summed E-state index contributed by atoms with van der Waals surface area (Å²) in [5.74, 6) is 0.897. The van der Waals surface area contributed by atoms with Gasteiger partial charge in [-0.15, -0.1) is 0 Å². The average molecular weight is 290 g/mol. The number of rotatable bonds is 6. The summed E-state index contributed by atoms with van der Waals surface area (Å²) >= 11 is 6.01. The topological polar surface area (TPSA) is 21.3 Å². The van der Waals surface area contributed by atoms with E-state index in [4.69, 9.17) is 16.3 Å². The number of nitrogens with one attached hydrogen (secondary N) is 1. The largest absolute Gasteiger partial charge is 0.497 e. The van der Waals surface area contributed by atoms with Crippen LogP contribution >= 0.6 is 11.6 Å². The molecule has 0 saturated heterocycles. The number of methoxy groups -OCH3 is 1. The normalized spacial score (nSPS) is 12.2. The Balaban J connectivity index is 1.82. The highest BCUT2D eigenvalue weighted by atomic mass is 35.5. The maximum atomic E-state index is 6.01. The van der Waals surface area contributed by atoms with Crippen LogP contribution in [0.2, 0.25) is 5.02 Å². The van der Waals surface area contributed by atoms with E-state index >= 15 is 0 Å². The zero-order chi connectivity index (χ0) is 14.4. The van der Waals surface area contributed by atoms with Crippen LogP contribution in [0.15, 0.2) is 48.5 Å². The van der Waals surface area contributed by atoms with Crippen LogP contribution in [0, 0.1) is 0 Å². The van der Waals surface area contributed by atoms with Gasteiger partial charge in [0.25, 0.3) is 0 Å². The monoisotopic (exact) mass is 289 g/mol. The van der Waals surface area contributed by atoms with E-state index in [1.165, 1.54) is 11.1 Å². The van der Waals surface area contributed by atoms with Crippen molar-refractivity contribution in [2.24, 2.45) is 0 Å². The molecule has 1 N–H and O–H groups in total. The molecule has 0 unspecified atom stereocenters. The Morgan fingerprint density at radius 2 is 1.90 bits per heavy atom. The van der Waals surface area contributed by atoms with Crippen LogP contribution in [0.4, 0.5) is 0 Å². The summed E-state index contributed by atoms with van der Waals surface area (Å²) in [5, 5.41) is 4.30. The van der Waals surface area contributed by atoms with E-state index in [0.717, 1.165) is 23.7 Å². The number of benzene rings is 2. The summed E-state index contributed by atoms with van der Waals surface area (Å²) in [6, 6.07) is 16.5. The van der Waals surface area contributed by atoms with Crippen molar-refractivity contribution in [1.29, 1.82) is 0 Å². The Kier molecular flexibility index (Phi) is 5.45. The molecule has 0 heterocycles. The van der Waals surface area contributed by atoms with Crippen LogP contribution in [-0.2, 0) is 6.42 Å². The van der Waals surface area contributed by atoms with Gasteiger partial charge in [-0.25, -0.2) is 0 Å². The maximum Gasteiger partial charge on any atom is 0.118 e. The molecule has 0 aliphatic rings. The van der Waals surface area contributed by atoms with E-state index in [1.807, 2.05) is 30.3 Å². The molecule has 0 fully saturated rings. The number of hydrogen-bond donors (Lipinski definition) is 1. The second kappa shape index (κ2) is 7.32. The Morgan fingerprint density at radius 1 is 1.15 bits per heavy atom. The number of hydrogen-bond acceptors (Lipinski definition) is 2. The molecule has 0 spiro atoms. The Bertz CT molecular complexity index is 539. The van der Waals surface area contributed by atoms with Gasteiger partial charge in [-0.05, 0) is 55.3 Å². The average Bonchev–Trinajstić information content (AvgIpc) is 2.48. The lowest BCUT2D eigenvalue weighted by Gasteiger charge is -2.14. The molecule has 2 nitrogen and oxygen atoms in total. The van der Waals surface area contributed by atoms with Gasteiger partial charge in [0.2, 0.25) is 0 Å². The predicted octanol–water partition coefficient (Wildman–Crippen LogP) is 4.24. The zero-order valence-electron chi connectivity index (χ0n) is 11.9. The molecule has 0 amide bonds. The first kappa shape index (κ1) is 14.9. The molecule has 2 aromatic carbocycles. The lowest BCUT2D eigenvalue weighted by Crippen LogP contribution is -2.21. The number of ether oxygens (including phenoxy) is 1. The van der Waals surface area contributed by atoms with Crippen LogP contribution in [0.3, 0.4) is 0 Å². The summed E-state index contributed by atoms with van der Waals surface area (Å²) in [4.78, 5) is 0. The van der Waals surface area contributed by atoms with Gasteiger partial charge in [-0.2, -0.15) is 0 Å². The van der Waals surface area contributed by atoms with Gasteiger partial charge in [-0.1, -0.05) is 35.9 Å². The van der Waals surface area contributed by atoms with Crippen molar-refractivity contribution in [3.8, 4) is 5.75 Å². The lowest BCUT2D eigenvalue weighted by molar-refractivity contribution is 0.414. The number of halogens is 1. The standard InChI is InChI=1S/C17H20ClNO/c1-13(15-4-3-5-16(18)12-15)19-11-10-14-6-8-17(20-2)9-7-14/h3-9,12-13,19H,10-11H2,1-2H3/t13-/m0/s1. The van der Waals surface area contributed by atoms with Crippen molar-refractivity contribution in [2.75, 3.05) is 13.7 Å². The Morgan fingerprint density at radius 3 is 2.55 bits per heavy atom. The van der Waals surface area contributed by atoms with Gasteiger partial charge in [0, 0.05) is 11.1 Å². The molecule has 20 heavy (non-hydrogen) atoms. The van der Waals surface area contributed by atoms with Crippen molar-refractivity contribution in [2.45, 2.75) is 19.4 Å². The first-order chi connectivity index (χ1) is 9.69. The minimum absolute atomic E-state index is 0.298. The molecule has 1 atom stereocenters. The SMILES string of the molecule is COc1ccc(CCN[C@@H](C)c2cccc(Cl)c2)cc1. The van der Waals surface area contributed by atoms with Gasteiger partial charge in [-0.3, -0.25) is 0 Å². The van der Waals surface area contributed by atoms with Gasteiger partial charge in [0.1, 0.15) is 5.75 Å². The highest BCUT2D eigenvalue weighted by Crippen LogP contribution is 2.17. The van der Waals surface area contributed by atoms with Crippen molar-refractivity contribution in [3.63, 3.8) is 0 Å². The third kappa shape index (κ3) is 4.26. The summed E-state index contributed by atoms with van der Waals surface area (Å²) in [7, 11) is 1.68. The van der Waals surface area contributed by atoms with E-state index in [9.17, 15) is 0 Å². The zero-order valence-corrected chi connectivity index (χ0v) is 12.7. The molecule has 0 aromatic heterocycles. The Labute approximate surface area is 125 Å². The van der Waals surface area contributed by atoms with E-state index in [2.05, 4.69) is 30.4 Å². The van der Waals surface area contributed by atoms with E-state index in [-0.39, 0.29) is 0 Å². The minimum Gasteiger partial charge on any atom is -0.497 e. The van der Waals surface area contributed by atoms with Gasteiger partial charge >= 0.3 is 0 Å². The third-order valence-electron chi connectivity index (χ3n) is 3.37. The maximum absolute atomic E-state index is 6.01. The third-order valence-corrected chi connectivity index (χ3v) is 3.61. The molecule has 106 valence electrons.